The van der Waals surface area contributed by atoms with E-state index in [0.717, 1.165) is 16.4 Å². The predicted molar refractivity (Wildman–Crippen MR) is 83.3 cm³/mol. The SMILES string of the molecule is Cc1nn(C)c(CC(N)c2cc3sccc3s2)c1Cl. The number of hydrogen-bond acceptors (Lipinski definition) is 4. The average Bonchev–Trinajstić information content (AvgIpc) is 2.99. The van der Waals surface area contributed by atoms with Crippen LogP contribution in [0.5, 0.6) is 0 Å². The number of halogens is 1. The minimum atomic E-state index is -0.0306. The van der Waals surface area contributed by atoms with Gasteiger partial charge in [-0.1, -0.05) is 11.6 Å². The fraction of sp³-hybridized carbons (Fsp3) is 0.308. The lowest BCUT2D eigenvalue weighted by Gasteiger charge is -2.10. The molecule has 0 aromatic carbocycles. The molecule has 1 unspecified atom stereocenters. The molecule has 3 aromatic heterocycles. The van der Waals surface area contributed by atoms with Gasteiger partial charge in [0.05, 0.1) is 16.4 Å². The Bertz CT molecular complexity index is 697. The molecule has 0 saturated heterocycles. The van der Waals surface area contributed by atoms with Gasteiger partial charge in [-0.3, -0.25) is 4.68 Å². The van der Waals surface area contributed by atoms with E-state index in [9.17, 15) is 0 Å². The van der Waals surface area contributed by atoms with Crippen molar-refractivity contribution in [2.45, 2.75) is 19.4 Å². The lowest BCUT2D eigenvalue weighted by Crippen LogP contribution is -2.14. The maximum atomic E-state index is 6.31. The Morgan fingerprint density at radius 1 is 1.47 bits per heavy atom. The van der Waals surface area contributed by atoms with Gasteiger partial charge in [-0.05, 0) is 24.4 Å². The highest BCUT2D eigenvalue weighted by Crippen LogP contribution is 2.34. The normalized spacial score (nSPS) is 13.3. The molecule has 3 nitrogen and oxygen atoms in total. The van der Waals surface area contributed by atoms with Crippen molar-refractivity contribution in [3.8, 4) is 0 Å². The molecule has 3 heterocycles. The third-order valence-electron chi connectivity index (χ3n) is 3.20. The summed E-state index contributed by atoms with van der Waals surface area (Å²) in [5, 5.41) is 7.17. The molecule has 0 bridgehead atoms. The number of nitrogens with two attached hydrogens (primary N) is 1. The van der Waals surface area contributed by atoms with Crippen LogP contribution in [-0.4, -0.2) is 9.78 Å². The van der Waals surface area contributed by atoms with Crippen molar-refractivity contribution in [3.05, 3.63) is 38.8 Å². The van der Waals surface area contributed by atoms with Crippen LogP contribution >= 0.6 is 34.3 Å². The second-order valence-electron chi connectivity index (χ2n) is 4.58. The quantitative estimate of drug-likeness (QED) is 0.797. The van der Waals surface area contributed by atoms with Gasteiger partial charge in [-0.25, -0.2) is 0 Å². The Hall–Kier alpha value is -0.880. The van der Waals surface area contributed by atoms with Crippen LogP contribution in [0.15, 0.2) is 17.5 Å². The third kappa shape index (κ3) is 2.31. The van der Waals surface area contributed by atoms with Gasteiger partial charge in [-0.15, -0.1) is 22.7 Å². The average molecular weight is 312 g/mol. The van der Waals surface area contributed by atoms with Crippen LogP contribution in [0.25, 0.3) is 9.40 Å². The Morgan fingerprint density at radius 3 is 2.89 bits per heavy atom. The number of fused-ring (bicyclic) bond motifs is 1. The number of aryl methyl sites for hydroxylation is 2. The van der Waals surface area contributed by atoms with Crippen LogP contribution in [0.1, 0.15) is 22.3 Å². The minimum Gasteiger partial charge on any atom is -0.323 e. The van der Waals surface area contributed by atoms with Gasteiger partial charge in [0.25, 0.3) is 0 Å². The van der Waals surface area contributed by atoms with Crippen LogP contribution < -0.4 is 5.73 Å². The lowest BCUT2D eigenvalue weighted by molar-refractivity contribution is 0.646. The van der Waals surface area contributed by atoms with Gasteiger partial charge >= 0.3 is 0 Å². The van der Waals surface area contributed by atoms with E-state index < -0.39 is 0 Å². The molecule has 2 N–H and O–H groups in total. The summed E-state index contributed by atoms with van der Waals surface area (Å²) in [6.45, 7) is 1.92. The maximum absolute atomic E-state index is 6.31. The lowest BCUT2D eigenvalue weighted by atomic mass is 10.1. The van der Waals surface area contributed by atoms with Crippen LogP contribution in [0.2, 0.25) is 5.02 Å². The topological polar surface area (TPSA) is 43.8 Å². The molecule has 0 aliphatic heterocycles. The van der Waals surface area contributed by atoms with E-state index >= 15 is 0 Å². The van der Waals surface area contributed by atoms with Crippen molar-refractivity contribution in [2.75, 3.05) is 0 Å². The smallest absolute Gasteiger partial charge is 0.0847 e. The van der Waals surface area contributed by atoms with Gasteiger partial charge in [0, 0.05) is 33.8 Å². The molecule has 100 valence electrons. The highest BCUT2D eigenvalue weighted by molar-refractivity contribution is 7.26. The van der Waals surface area contributed by atoms with Crippen molar-refractivity contribution in [1.82, 2.24) is 9.78 Å². The summed E-state index contributed by atoms with van der Waals surface area (Å²) >= 11 is 9.79. The van der Waals surface area contributed by atoms with E-state index in [1.165, 1.54) is 14.3 Å². The first-order valence-corrected chi connectivity index (χ1v) is 8.04. The molecule has 0 aliphatic rings. The van der Waals surface area contributed by atoms with E-state index in [4.69, 9.17) is 17.3 Å². The summed E-state index contributed by atoms with van der Waals surface area (Å²) in [6, 6.07) is 4.30. The summed E-state index contributed by atoms with van der Waals surface area (Å²) in [7, 11) is 1.91. The summed E-state index contributed by atoms with van der Waals surface area (Å²) in [5.41, 5.74) is 8.18. The molecular formula is C13H14ClN3S2. The molecule has 0 radical (unpaired) electrons. The second kappa shape index (κ2) is 4.90. The maximum Gasteiger partial charge on any atom is 0.0847 e. The van der Waals surface area contributed by atoms with Crippen molar-refractivity contribution >= 4 is 43.7 Å². The molecule has 6 heteroatoms. The Morgan fingerprint density at radius 2 is 2.26 bits per heavy atom. The highest BCUT2D eigenvalue weighted by Gasteiger charge is 2.17. The predicted octanol–water partition coefficient (Wildman–Crippen LogP) is 3.90. The number of nitrogens with zero attached hydrogens (tertiary/aromatic N) is 2. The van der Waals surface area contributed by atoms with E-state index in [0.29, 0.717) is 6.42 Å². The number of rotatable bonds is 3. The number of aromatic nitrogens is 2. The fourth-order valence-corrected chi connectivity index (χ4v) is 4.54. The van der Waals surface area contributed by atoms with Crippen LogP contribution in [0, 0.1) is 6.92 Å². The molecule has 0 spiro atoms. The number of thiophene rings is 2. The van der Waals surface area contributed by atoms with Gasteiger partial charge in [0.1, 0.15) is 0 Å². The molecule has 3 aromatic rings. The van der Waals surface area contributed by atoms with E-state index in [1.54, 1.807) is 22.7 Å². The van der Waals surface area contributed by atoms with Crippen molar-refractivity contribution in [1.29, 1.82) is 0 Å². The third-order valence-corrected chi connectivity index (χ3v) is 5.92. The second-order valence-corrected chi connectivity index (χ2v) is 7.02. The molecule has 0 amide bonds. The van der Waals surface area contributed by atoms with Gasteiger partial charge in [0.15, 0.2) is 0 Å². The highest BCUT2D eigenvalue weighted by atomic mass is 35.5. The molecular weight excluding hydrogens is 298 g/mol. The molecule has 0 saturated carbocycles. The molecule has 0 fully saturated rings. The summed E-state index contributed by atoms with van der Waals surface area (Å²) in [5.74, 6) is 0. The van der Waals surface area contributed by atoms with Gasteiger partial charge < -0.3 is 5.73 Å². The largest absolute Gasteiger partial charge is 0.323 e. The van der Waals surface area contributed by atoms with Crippen LogP contribution in [-0.2, 0) is 13.5 Å². The van der Waals surface area contributed by atoms with Crippen molar-refractivity contribution in [2.24, 2.45) is 12.8 Å². The standard InChI is InChI=1S/C13H14ClN3S2/c1-7-13(14)9(17(2)16-7)5-8(15)11-6-12-10(19-11)3-4-18-12/h3-4,6,8H,5,15H2,1-2H3. The summed E-state index contributed by atoms with van der Waals surface area (Å²) in [6.07, 6.45) is 0.712. The van der Waals surface area contributed by atoms with E-state index in [1.807, 2.05) is 18.7 Å². The minimum absolute atomic E-state index is 0.0306. The molecule has 3 rings (SSSR count). The van der Waals surface area contributed by atoms with Crippen molar-refractivity contribution < 1.29 is 0 Å². The van der Waals surface area contributed by atoms with E-state index in [2.05, 4.69) is 22.6 Å². The molecule has 0 aliphatic carbocycles. The van der Waals surface area contributed by atoms with Gasteiger partial charge in [0.2, 0.25) is 0 Å². The Balaban J connectivity index is 1.88. The zero-order valence-corrected chi connectivity index (χ0v) is 13.1. The van der Waals surface area contributed by atoms with Crippen molar-refractivity contribution in [3.63, 3.8) is 0 Å². The zero-order valence-electron chi connectivity index (χ0n) is 10.7. The fourth-order valence-electron chi connectivity index (χ4n) is 2.18. The Kier molecular flexibility index (Phi) is 3.39. The van der Waals surface area contributed by atoms with Crippen LogP contribution in [0.4, 0.5) is 0 Å². The summed E-state index contributed by atoms with van der Waals surface area (Å²) in [4.78, 5) is 1.21. The molecule has 1 atom stereocenters. The van der Waals surface area contributed by atoms with E-state index in [-0.39, 0.29) is 6.04 Å². The Labute approximate surface area is 124 Å². The monoisotopic (exact) mass is 311 g/mol. The van der Waals surface area contributed by atoms with Crippen LogP contribution in [0.3, 0.4) is 0 Å². The zero-order chi connectivity index (χ0) is 13.6. The first-order chi connectivity index (χ1) is 9.06. The molecule has 19 heavy (non-hydrogen) atoms. The first kappa shape index (κ1) is 13.1. The summed E-state index contributed by atoms with van der Waals surface area (Å²) < 4.78 is 4.44. The van der Waals surface area contributed by atoms with Gasteiger partial charge in [-0.2, -0.15) is 5.10 Å². The first-order valence-electron chi connectivity index (χ1n) is 5.96. The number of hydrogen-bond donors (Lipinski definition) is 1.